The molecule has 1 rings (SSSR count). The number of nitrogens with zero attached hydrogens (tertiary/aromatic N) is 2. The fraction of sp³-hybridized carbons (Fsp3) is 0.385. The van der Waals surface area contributed by atoms with E-state index in [1.54, 1.807) is 24.1 Å². The van der Waals surface area contributed by atoms with Gasteiger partial charge in [-0.1, -0.05) is 23.7 Å². The first-order valence-corrected chi connectivity index (χ1v) is 5.79. The lowest BCUT2D eigenvalue weighted by molar-refractivity contribution is -0.130. The van der Waals surface area contributed by atoms with Gasteiger partial charge in [-0.25, -0.2) is 0 Å². The molecule has 0 spiro atoms. The van der Waals surface area contributed by atoms with E-state index in [1.807, 2.05) is 19.1 Å². The van der Waals surface area contributed by atoms with Gasteiger partial charge in [-0.2, -0.15) is 5.26 Å². The van der Waals surface area contributed by atoms with Gasteiger partial charge in [0.2, 0.25) is 5.91 Å². The van der Waals surface area contributed by atoms with Gasteiger partial charge in [-0.3, -0.25) is 4.79 Å². The molecule has 0 aliphatic rings. The Morgan fingerprint density at radius 2 is 2.06 bits per heavy atom. The van der Waals surface area contributed by atoms with E-state index in [-0.39, 0.29) is 11.9 Å². The van der Waals surface area contributed by atoms with Crippen molar-refractivity contribution in [3.63, 3.8) is 0 Å². The lowest BCUT2D eigenvalue weighted by Crippen LogP contribution is -2.35. The molecule has 0 aliphatic heterocycles. The third kappa shape index (κ3) is 4.08. The Hall–Kier alpha value is -1.53. The summed E-state index contributed by atoms with van der Waals surface area (Å²) in [4.78, 5) is 13.5. The van der Waals surface area contributed by atoms with Gasteiger partial charge >= 0.3 is 0 Å². The van der Waals surface area contributed by atoms with Crippen LogP contribution in [0, 0.1) is 11.3 Å². The fourth-order valence-electron chi connectivity index (χ4n) is 1.42. The number of likely N-dealkylation sites (N-methyl/N-ethyl adjacent to an activating group) is 1. The van der Waals surface area contributed by atoms with Gasteiger partial charge in [0.25, 0.3) is 0 Å². The summed E-state index contributed by atoms with van der Waals surface area (Å²) in [5.74, 6) is 0.00933. The van der Waals surface area contributed by atoms with Crippen molar-refractivity contribution < 1.29 is 4.79 Å². The smallest absolute Gasteiger partial charge is 0.227 e. The van der Waals surface area contributed by atoms with E-state index in [1.165, 1.54) is 0 Å². The molecule has 1 unspecified atom stereocenters. The third-order valence-electron chi connectivity index (χ3n) is 2.71. The minimum absolute atomic E-state index is 0.00933. The van der Waals surface area contributed by atoms with Crippen molar-refractivity contribution in [2.75, 3.05) is 7.05 Å². The number of carbonyl (C=O) groups excluding carboxylic acids is 1. The normalized spacial score (nSPS) is 11.6. The molecular weight excluding hydrogens is 236 g/mol. The van der Waals surface area contributed by atoms with Crippen LogP contribution >= 0.6 is 11.6 Å². The summed E-state index contributed by atoms with van der Waals surface area (Å²) in [5.41, 5.74) is 0.926. The van der Waals surface area contributed by atoms with E-state index in [4.69, 9.17) is 16.9 Å². The van der Waals surface area contributed by atoms with Gasteiger partial charge in [0, 0.05) is 18.1 Å². The highest BCUT2D eigenvalue weighted by atomic mass is 35.5. The molecule has 1 aromatic rings. The minimum Gasteiger partial charge on any atom is -0.342 e. The lowest BCUT2D eigenvalue weighted by Gasteiger charge is -2.22. The molecular formula is C13H15ClN2O. The number of benzene rings is 1. The molecule has 0 aliphatic carbocycles. The van der Waals surface area contributed by atoms with E-state index in [0.29, 0.717) is 17.9 Å². The van der Waals surface area contributed by atoms with Gasteiger partial charge in [-0.15, -0.1) is 0 Å². The Morgan fingerprint density at radius 3 is 2.59 bits per heavy atom. The van der Waals surface area contributed by atoms with Crippen molar-refractivity contribution in [3.8, 4) is 6.07 Å². The average Bonchev–Trinajstić information content (AvgIpc) is 2.31. The topological polar surface area (TPSA) is 44.1 Å². The Balaban J connectivity index is 2.60. The predicted octanol–water partition coefficient (Wildman–Crippen LogP) is 2.64. The van der Waals surface area contributed by atoms with Crippen molar-refractivity contribution in [1.82, 2.24) is 4.90 Å². The maximum absolute atomic E-state index is 11.9. The molecule has 0 fully saturated rings. The third-order valence-corrected chi connectivity index (χ3v) is 2.96. The second kappa shape index (κ2) is 6.27. The summed E-state index contributed by atoms with van der Waals surface area (Å²) in [6.45, 7) is 1.86. The Bertz CT molecular complexity index is 422. The highest BCUT2D eigenvalue weighted by Gasteiger charge is 2.15. The van der Waals surface area contributed by atoms with E-state index >= 15 is 0 Å². The predicted molar refractivity (Wildman–Crippen MR) is 67.6 cm³/mol. The van der Waals surface area contributed by atoms with Crippen LogP contribution in [-0.2, 0) is 11.2 Å². The van der Waals surface area contributed by atoms with Crippen LogP contribution < -0.4 is 0 Å². The first-order chi connectivity index (χ1) is 8.04. The Morgan fingerprint density at radius 1 is 1.47 bits per heavy atom. The van der Waals surface area contributed by atoms with Crippen LogP contribution in [0.1, 0.15) is 18.9 Å². The molecule has 0 aromatic heterocycles. The quantitative estimate of drug-likeness (QED) is 0.825. The van der Waals surface area contributed by atoms with Crippen molar-refractivity contribution in [3.05, 3.63) is 34.9 Å². The molecule has 0 radical (unpaired) electrons. The van der Waals surface area contributed by atoms with E-state index < -0.39 is 0 Å². The van der Waals surface area contributed by atoms with Crippen molar-refractivity contribution in [1.29, 1.82) is 5.26 Å². The number of carbonyl (C=O) groups is 1. The zero-order valence-corrected chi connectivity index (χ0v) is 10.7. The first-order valence-electron chi connectivity index (χ1n) is 5.41. The van der Waals surface area contributed by atoms with Crippen LogP contribution in [-0.4, -0.2) is 23.9 Å². The largest absolute Gasteiger partial charge is 0.342 e. The number of rotatable bonds is 4. The van der Waals surface area contributed by atoms with Crippen LogP contribution in [0.25, 0.3) is 0 Å². The molecule has 0 bridgehead atoms. The summed E-state index contributed by atoms with van der Waals surface area (Å²) in [7, 11) is 1.72. The number of halogens is 1. The second-order valence-corrected chi connectivity index (χ2v) is 4.46. The molecule has 0 N–H and O–H groups in total. The van der Waals surface area contributed by atoms with Crippen LogP contribution in [0.5, 0.6) is 0 Å². The summed E-state index contributed by atoms with van der Waals surface area (Å²) in [5, 5.41) is 9.24. The maximum atomic E-state index is 11.9. The van der Waals surface area contributed by atoms with Crippen molar-refractivity contribution >= 4 is 17.5 Å². The van der Waals surface area contributed by atoms with E-state index in [9.17, 15) is 4.79 Å². The molecule has 0 saturated carbocycles. The van der Waals surface area contributed by atoms with Gasteiger partial charge in [0.15, 0.2) is 0 Å². The number of hydrogen-bond acceptors (Lipinski definition) is 2. The van der Waals surface area contributed by atoms with Crippen LogP contribution in [0.2, 0.25) is 5.02 Å². The number of amides is 1. The molecule has 0 heterocycles. The molecule has 90 valence electrons. The highest BCUT2D eigenvalue weighted by molar-refractivity contribution is 6.30. The fourth-order valence-corrected chi connectivity index (χ4v) is 1.54. The van der Waals surface area contributed by atoms with Gasteiger partial charge in [0.1, 0.15) is 0 Å². The maximum Gasteiger partial charge on any atom is 0.227 e. The lowest BCUT2D eigenvalue weighted by atomic mass is 10.1. The van der Waals surface area contributed by atoms with Crippen LogP contribution in [0.4, 0.5) is 0 Å². The second-order valence-electron chi connectivity index (χ2n) is 4.02. The average molecular weight is 251 g/mol. The summed E-state index contributed by atoms with van der Waals surface area (Å²) >= 11 is 5.77. The SMILES string of the molecule is CC(CC#N)N(C)C(=O)Cc1ccc(Cl)cc1. The van der Waals surface area contributed by atoms with Crippen LogP contribution in [0.15, 0.2) is 24.3 Å². The molecule has 4 heteroatoms. The monoisotopic (exact) mass is 250 g/mol. The van der Waals surface area contributed by atoms with Gasteiger partial charge < -0.3 is 4.90 Å². The summed E-state index contributed by atoms with van der Waals surface area (Å²) in [6.07, 6.45) is 0.687. The van der Waals surface area contributed by atoms with Gasteiger partial charge in [-0.05, 0) is 24.6 Å². The van der Waals surface area contributed by atoms with Crippen molar-refractivity contribution in [2.24, 2.45) is 0 Å². The van der Waals surface area contributed by atoms with Gasteiger partial charge in [0.05, 0.1) is 18.9 Å². The zero-order valence-electron chi connectivity index (χ0n) is 9.98. The Labute approximate surface area is 107 Å². The Kier molecular flexibility index (Phi) is 4.99. The summed E-state index contributed by atoms with van der Waals surface area (Å²) in [6, 6.07) is 9.21. The molecule has 1 amide bonds. The molecule has 0 saturated heterocycles. The highest BCUT2D eigenvalue weighted by Crippen LogP contribution is 2.11. The standard InChI is InChI=1S/C13H15ClN2O/c1-10(7-8-15)16(2)13(17)9-11-3-5-12(14)6-4-11/h3-6,10H,7,9H2,1-2H3. The molecule has 17 heavy (non-hydrogen) atoms. The molecule has 3 nitrogen and oxygen atoms in total. The summed E-state index contributed by atoms with van der Waals surface area (Å²) < 4.78 is 0. The van der Waals surface area contributed by atoms with Crippen LogP contribution in [0.3, 0.4) is 0 Å². The first kappa shape index (κ1) is 13.5. The zero-order chi connectivity index (χ0) is 12.8. The number of nitriles is 1. The molecule has 1 aromatic carbocycles. The molecule has 1 atom stereocenters. The van der Waals surface area contributed by atoms with E-state index in [0.717, 1.165) is 5.56 Å². The van der Waals surface area contributed by atoms with E-state index in [2.05, 4.69) is 6.07 Å². The number of hydrogen-bond donors (Lipinski definition) is 0. The van der Waals surface area contributed by atoms with Crippen molar-refractivity contribution in [2.45, 2.75) is 25.8 Å². The minimum atomic E-state index is -0.0557.